The van der Waals surface area contributed by atoms with Crippen molar-refractivity contribution in [2.45, 2.75) is 37.9 Å². The summed E-state index contributed by atoms with van der Waals surface area (Å²) in [6.07, 6.45) is 0.611. The number of piperidine rings is 1. The van der Waals surface area contributed by atoms with Crippen molar-refractivity contribution in [3.05, 3.63) is 71.3 Å². The molecular weight excluding hydrogens is 352 g/mol. The first-order valence-corrected chi connectivity index (χ1v) is 9.95. The number of carbonyl (C=O) groups is 1. The number of aryl methyl sites for hydroxylation is 1. The molecule has 1 aliphatic heterocycles. The summed E-state index contributed by atoms with van der Waals surface area (Å²) in [6, 6.07) is 17.8. The van der Waals surface area contributed by atoms with Gasteiger partial charge in [0.05, 0.1) is 6.42 Å². The number of hydrogen-bond donors (Lipinski definition) is 3. The van der Waals surface area contributed by atoms with Gasteiger partial charge in [0.1, 0.15) is 11.7 Å². The molecule has 2 atom stereocenters. The van der Waals surface area contributed by atoms with E-state index in [9.17, 15) is 15.0 Å². The monoisotopic (exact) mass is 382 g/mol. The average molecular weight is 383 g/mol. The Balaban J connectivity index is 1.45. The van der Waals surface area contributed by atoms with Crippen molar-refractivity contribution in [3.63, 3.8) is 0 Å². The lowest BCUT2D eigenvalue weighted by Crippen LogP contribution is -2.60. The fourth-order valence-corrected chi connectivity index (χ4v) is 3.70. The zero-order chi connectivity index (χ0) is 20.0. The molecule has 5 heteroatoms. The second-order valence-electron chi connectivity index (χ2n) is 7.72. The van der Waals surface area contributed by atoms with Crippen molar-refractivity contribution < 1.29 is 15.0 Å². The van der Waals surface area contributed by atoms with E-state index in [1.165, 1.54) is 11.1 Å². The third-order valence-electron chi connectivity index (χ3n) is 5.64. The van der Waals surface area contributed by atoms with E-state index in [0.717, 1.165) is 18.5 Å². The molecule has 5 nitrogen and oxygen atoms in total. The Bertz CT molecular complexity index is 780. The highest BCUT2D eigenvalue weighted by molar-refractivity contribution is 5.79. The molecule has 2 aromatic carbocycles. The minimum absolute atomic E-state index is 0.0141. The summed E-state index contributed by atoms with van der Waals surface area (Å²) in [7, 11) is 0. The number of hydrogen-bond acceptors (Lipinski definition) is 4. The van der Waals surface area contributed by atoms with Crippen LogP contribution in [0.4, 0.5) is 0 Å². The lowest BCUT2D eigenvalue weighted by molar-refractivity contribution is -0.148. The van der Waals surface area contributed by atoms with Gasteiger partial charge in [-0.25, -0.2) is 0 Å². The van der Waals surface area contributed by atoms with Crippen molar-refractivity contribution >= 4 is 5.91 Å². The molecule has 0 saturated carbocycles. The first-order chi connectivity index (χ1) is 13.5. The van der Waals surface area contributed by atoms with Gasteiger partial charge in [0.2, 0.25) is 5.91 Å². The van der Waals surface area contributed by atoms with Gasteiger partial charge in [-0.3, -0.25) is 4.79 Å². The normalized spacial score (nSPS) is 22.2. The third kappa shape index (κ3) is 5.19. The minimum Gasteiger partial charge on any atom is -0.388 e. The average Bonchev–Trinajstić information content (AvgIpc) is 2.69. The SMILES string of the molecule is Cc1ccccc1CCNC[C@@]1(O)CCN(C(=O)Cc2ccccc2)C[C@@H]1O. The molecule has 0 bridgehead atoms. The molecule has 2 aromatic rings. The molecule has 1 heterocycles. The van der Waals surface area contributed by atoms with Crippen LogP contribution < -0.4 is 5.32 Å². The number of aliphatic hydroxyl groups excluding tert-OH is 1. The van der Waals surface area contributed by atoms with Crippen molar-refractivity contribution in [1.82, 2.24) is 10.2 Å². The van der Waals surface area contributed by atoms with Crippen LogP contribution in [0.15, 0.2) is 54.6 Å². The summed E-state index contributed by atoms with van der Waals surface area (Å²) in [5.41, 5.74) is 2.30. The van der Waals surface area contributed by atoms with Gasteiger partial charge in [0.15, 0.2) is 0 Å². The third-order valence-corrected chi connectivity index (χ3v) is 5.64. The smallest absolute Gasteiger partial charge is 0.227 e. The van der Waals surface area contributed by atoms with Gasteiger partial charge in [0.25, 0.3) is 0 Å². The van der Waals surface area contributed by atoms with Crippen LogP contribution in [0.5, 0.6) is 0 Å². The van der Waals surface area contributed by atoms with Crippen molar-refractivity contribution in [2.24, 2.45) is 0 Å². The van der Waals surface area contributed by atoms with E-state index in [2.05, 4.69) is 24.4 Å². The van der Waals surface area contributed by atoms with Gasteiger partial charge >= 0.3 is 0 Å². The first-order valence-electron chi connectivity index (χ1n) is 9.95. The van der Waals surface area contributed by atoms with Crippen molar-refractivity contribution in [1.29, 1.82) is 0 Å². The zero-order valence-corrected chi connectivity index (χ0v) is 16.5. The Kier molecular flexibility index (Phi) is 6.83. The highest BCUT2D eigenvalue weighted by atomic mass is 16.3. The summed E-state index contributed by atoms with van der Waals surface area (Å²) in [6.45, 7) is 3.77. The first kappa shape index (κ1) is 20.5. The van der Waals surface area contributed by atoms with Gasteiger partial charge in [0, 0.05) is 19.6 Å². The fourth-order valence-electron chi connectivity index (χ4n) is 3.70. The molecule has 3 rings (SSSR count). The minimum atomic E-state index is -1.20. The second-order valence-corrected chi connectivity index (χ2v) is 7.72. The summed E-state index contributed by atoms with van der Waals surface area (Å²) in [5, 5.41) is 24.6. The number of aliphatic hydroxyl groups is 2. The Morgan fingerprint density at radius 3 is 2.61 bits per heavy atom. The number of β-amino-alcohol motifs (C(OH)–C–C–N with tert-alkyl or cyclic N) is 1. The van der Waals surface area contributed by atoms with Crippen LogP contribution in [0.1, 0.15) is 23.1 Å². The maximum absolute atomic E-state index is 12.5. The summed E-state index contributed by atoms with van der Waals surface area (Å²) in [5.74, 6) is -0.0141. The number of amides is 1. The van der Waals surface area contributed by atoms with Gasteiger partial charge < -0.3 is 20.4 Å². The van der Waals surface area contributed by atoms with Crippen LogP contribution in [-0.4, -0.2) is 58.9 Å². The van der Waals surface area contributed by atoms with Crippen LogP contribution in [0.2, 0.25) is 0 Å². The van der Waals surface area contributed by atoms with Crippen LogP contribution >= 0.6 is 0 Å². The number of likely N-dealkylation sites (tertiary alicyclic amines) is 1. The molecule has 0 aromatic heterocycles. The summed E-state index contributed by atoms with van der Waals surface area (Å²) in [4.78, 5) is 14.1. The molecule has 1 fully saturated rings. The Morgan fingerprint density at radius 2 is 1.89 bits per heavy atom. The lowest BCUT2D eigenvalue weighted by Gasteiger charge is -2.42. The van der Waals surface area contributed by atoms with E-state index < -0.39 is 11.7 Å². The van der Waals surface area contributed by atoms with Gasteiger partial charge in [-0.1, -0.05) is 54.6 Å². The Morgan fingerprint density at radius 1 is 1.18 bits per heavy atom. The second kappa shape index (κ2) is 9.32. The van der Waals surface area contributed by atoms with Crippen molar-refractivity contribution in [2.75, 3.05) is 26.2 Å². The standard InChI is InChI=1S/C23H30N2O3/c1-18-7-5-6-10-20(18)11-13-24-17-23(28)12-14-25(16-21(23)26)22(27)15-19-8-3-2-4-9-19/h2-10,21,24,26,28H,11-17H2,1H3/t21-,23-/m0/s1. The fraction of sp³-hybridized carbons (Fsp3) is 0.435. The number of nitrogens with one attached hydrogen (secondary N) is 1. The zero-order valence-electron chi connectivity index (χ0n) is 16.5. The highest BCUT2D eigenvalue weighted by Crippen LogP contribution is 2.23. The van der Waals surface area contributed by atoms with Crippen LogP contribution in [-0.2, 0) is 17.6 Å². The quantitative estimate of drug-likeness (QED) is 0.638. The van der Waals surface area contributed by atoms with E-state index in [-0.39, 0.29) is 12.5 Å². The summed E-state index contributed by atoms with van der Waals surface area (Å²) < 4.78 is 0. The number of nitrogens with zero attached hydrogens (tertiary/aromatic N) is 1. The number of rotatable bonds is 7. The van der Waals surface area contributed by atoms with Crippen LogP contribution in [0.25, 0.3) is 0 Å². The van der Waals surface area contributed by atoms with Crippen LogP contribution in [0, 0.1) is 6.92 Å². The maximum atomic E-state index is 12.5. The predicted octanol–water partition coefficient (Wildman–Crippen LogP) is 1.69. The molecule has 0 spiro atoms. The molecular formula is C23H30N2O3. The van der Waals surface area contributed by atoms with E-state index in [1.54, 1.807) is 4.90 Å². The van der Waals surface area contributed by atoms with E-state index in [1.807, 2.05) is 42.5 Å². The Hall–Kier alpha value is -2.21. The Labute approximate surface area is 167 Å². The number of benzene rings is 2. The molecule has 1 amide bonds. The molecule has 0 aliphatic carbocycles. The van der Waals surface area contributed by atoms with Crippen molar-refractivity contribution in [3.8, 4) is 0 Å². The maximum Gasteiger partial charge on any atom is 0.227 e. The van der Waals surface area contributed by atoms with Gasteiger partial charge in [-0.2, -0.15) is 0 Å². The van der Waals surface area contributed by atoms with Gasteiger partial charge in [-0.15, -0.1) is 0 Å². The van der Waals surface area contributed by atoms with E-state index >= 15 is 0 Å². The molecule has 1 aliphatic rings. The molecule has 28 heavy (non-hydrogen) atoms. The molecule has 150 valence electrons. The predicted molar refractivity (Wildman–Crippen MR) is 110 cm³/mol. The largest absolute Gasteiger partial charge is 0.388 e. The summed E-state index contributed by atoms with van der Waals surface area (Å²) >= 11 is 0. The van der Waals surface area contributed by atoms with Gasteiger partial charge in [-0.05, 0) is 43.0 Å². The highest BCUT2D eigenvalue weighted by Gasteiger charge is 2.41. The van der Waals surface area contributed by atoms with Crippen LogP contribution in [0.3, 0.4) is 0 Å². The van der Waals surface area contributed by atoms with E-state index in [4.69, 9.17) is 0 Å². The number of carbonyl (C=O) groups excluding carboxylic acids is 1. The molecule has 1 saturated heterocycles. The topological polar surface area (TPSA) is 72.8 Å². The molecule has 3 N–H and O–H groups in total. The lowest BCUT2D eigenvalue weighted by atomic mass is 9.88. The molecule has 0 unspecified atom stereocenters. The van der Waals surface area contributed by atoms with E-state index in [0.29, 0.717) is 25.9 Å². The molecule has 0 radical (unpaired) electrons.